The molecular formula is C50H60N4O12. The minimum atomic E-state index is -1.06. The Morgan fingerprint density at radius 2 is 0.894 bits per heavy atom. The molecule has 8 N–H and O–H groups in total. The number of urea groups is 2. The van der Waals surface area contributed by atoms with Crippen LogP contribution in [0.1, 0.15) is 75.6 Å². The Bertz CT molecular complexity index is 2220. The fourth-order valence-electron chi connectivity index (χ4n) is 9.02. The summed E-state index contributed by atoms with van der Waals surface area (Å²) in [5, 5.41) is 41.1. The van der Waals surface area contributed by atoms with Crippen molar-refractivity contribution in [1.82, 2.24) is 5.32 Å². The van der Waals surface area contributed by atoms with Gasteiger partial charge in [-0.15, -0.1) is 0 Å². The summed E-state index contributed by atoms with van der Waals surface area (Å²) in [4.78, 5) is 68.7. The number of carbonyl (C=O) groups excluding carboxylic acids is 2. The zero-order chi connectivity index (χ0) is 48.5. The van der Waals surface area contributed by atoms with E-state index < -0.39 is 64.7 Å². The summed E-state index contributed by atoms with van der Waals surface area (Å²) in [5.74, 6) is -7.63. The van der Waals surface area contributed by atoms with E-state index in [2.05, 4.69) is 10.6 Å². The van der Waals surface area contributed by atoms with Gasteiger partial charge in [0.05, 0.1) is 59.2 Å². The summed E-state index contributed by atoms with van der Waals surface area (Å²) in [6, 6.07) is 34.7. The molecule has 4 aliphatic rings. The average Bonchev–Trinajstić information content (AvgIpc) is 4.09. The second-order valence-corrected chi connectivity index (χ2v) is 17.9. The van der Waals surface area contributed by atoms with Gasteiger partial charge < -0.3 is 46.3 Å². The van der Waals surface area contributed by atoms with Crippen LogP contribution in [0.2, 0.25) is 0 Å². The van der Waals surface area contributed by atoms with E-state index in [9.17, 15) is 28.8 Å². The van der Waals surface area contributed by atoms with Crippen molar-refractivity contribution in [2.24, 2.45) is 29.4 Å². The number of aliphatic carboxylic acids is 4. The highest BCUT2D eigenvalue weighted by atomic mass is 16.5. The van der Waals surface area contributed by atoms with Crippen LogP contribution >= 0.6 is 0 Å². The molecule has 8 unspecified atom stereocenters. The summed E-state index contributed by atoms with van der Waals surface area (Å²) in [5.41, 5.74) is 10.7. The summed E-state index contributed by atoms with van der Waals surface area (Å²) in [7, 11) is 0. The number of hydrogen-bond donors (Lipinski definition) is 7. The number of nitrogens with two attached hydrogens (primary N) is 1. The van der Waals surface area contributed by atoms with E-state index in [1.54, 1.807) is 4.90 Å². The van der Waals surface area contributed by atoms with Gasteiger partial charge in [-0.05, 0) is 103 Å². The number of fused-ring (bicyclic) bond motifs is 4. The predicted molar refractivity (Wildman–Crippen MR) is 246 cm³/mol. The van der Waals surface area contributed by atoms with E-state index in [4.69, 9.17) is 35.6 Å². The van der Waals surface area contributed by atoms with Crippen molar-refractivity contribution >= 4 is 47.3 Å². The molecule has 4 aliphatic heterocycles. The number of nitrogens with zero attached hydrogens (tertiary/aromatic N) is 1. The first-order chi connectivity index (χ1) is 31.1. The molecule has 0 radical (unpaired) electrons. The molecule has 0 aliphatic carbocycles. The summed E-state index contributed by atoms with van der Waals surface area (Å²) in [6.45, 7) is 12.0. The van der Waals surface area contributed by atoms with E-state index in [-0.39, 0.29) is 30.4 Å². The predicted octanol–water partition coefficient (Wildman–Crippen LogP) is 7.77. The number of primary amides is 1. The van der Waals surface area contributed by atoms with E-state index in [0.29, 0.717) is 25.7 Å². The number of carboxylic acids is 4. The quantitative estimate of drug-likeness (QED) is 0.0806. The third kappa shape index (κ3) is 12.1. The monoisotopic (exact) mass is 908 g/mol. The van der Waals surface area contributed by atoms with Crippen LogP contribution in [0.5, 0.6) is 0 Å². The van der Waals surface area contributed by atoms with Gasteiger partial charge in [-0.2, -0.15) is 0 Å². The SMILES string of the molecule is Cc1ccc(N(C(N)=O)C(C)(C)c2ccccc2)cc1.Cc1ccc(NC(=O)NC(C)(C)c2ccccc2)cc1.O=C(O)C1C2CCC(O2)C1C(=O)O.O=C(O)C1C2CCC(O2)C1C(=O)O. The van der Waals surface area contributed by atoms with Gasteiger partial charge in [0.25, 0.3) is 0 Å². The van der Waals surface area contributed by atoms with Crippen molar-refractivity contribution in [1.29, 1.82) is 0 Å². The number of aryl methyl sites for hydroxylation is 2. The molecule has 16 nitrogen and oxygen atoms in total. The molecule has 4 heterocycles. The zero-order valence-corrected chi connectivity index (χ0v) is 37.9. The van der Waals surface area contributed by atoms with Crippen molar-refractivity contribution < 1.29 is 58.7 Å². The minimum absolute atomic E-state index is 0.206. The molecule has 16 heteroatoms. The molecule has 4 amide bonds. The smallest absolute Gasteiger partial charge is 0.320 e. The lowest BCUT2D eigenvalue weighted by molar-refractivity contribution is -0.154. The van der Waals surface area contributed by atoms with Gasteiger partial charge in [-0.1, -0.05) is 96.1 Å². The fourth-order valence-corrected chi connectivity index (χ4v) is 9.02. The molecule has 8 rings (SSSR count). The van der Waals surface area contributed by atoms with E-state index in [1.165, 1.54) is 5.56 Å². The largest absolute Gasteiger partial charge is 0.481 e. The normalized spacial score (nSPS) is 23.3. The van der Waals surface area contributed by atoms with Crippen molar-refractivity contribution in [3.8, 4) is 0 Å². The number of rotatable bonds is 10. The number of carboxylic acid groups (broad SMARTS) is 4. The van der Waals surface area contributed by atoms with E-state index >= 15 is 0 Å². The molecule has 8 atom stereocenters. The minimum Gasteiger partial charge on any atom is -0.481 e. The van der Waals surface area contributed by atoms with Crippen LogP contribution < -0.4 is 21.3 Å². The molecule has 66 heavy (non-hydrogen) atoms. The lowest BCUT2D eigenvalue weighted by atomic mass is 9.79. The van der Waals surface area contributed by atoms with E-state index in [0.717, 1.165) is 28.1 Å². The van der Waals surface area contributed by atoms with Crippen molar-refractivity contribution in [2.75, 3.05) is 10.2 Å². The number of benzene rings is 4. The maximum Gasteiger partial charge on any atom is 0.320 e. The highest BCUT2D eigenvalue weighted by Gasteiger charge is 2.56. The van der Waals surface area contributed by atoms with Crippen LogP contribution in [0.4, 0.5) is 21.0 Å². The Hall–Kier alpha value is -6.78. The van der Waals surface area contributed by atoms with Gasteiger partial charge in [0.2, 0.25) is 0 Å². The van der Waals surface area contributed by atoms with Gasteiger partial charge in [0.1, 0.15) is 0 Å². The standard InChI is InChI=1S/2C17H20N2O.2C8H10O5/c1-13-9-11-15(12-10-13)19(16(18)20)17(2,3)14-7-5-4-6-8-14;1-13-9-11-15(12-10-13)18-16(20)19-17(2,3)14-7-5-4-6-8-14;2*9-7(10)5-3-1-2-4(13-3)6(5)8(11)12/h4-12H,1-3H3,(H2,18,20);4-12H,1-3H3,(H2,18,19,20);2*3-6H,1-2H2,(H,9,10)(H,11,12). The summed E-state index contributed by atoms with van der Waals surface area (Å²) >= 11 is 0. The number of ether oxygens (including phenoxy) is 2. The van der Waals surface area contributed by atoms with Gasteiger partial charge >= 0.3 is 35.9 Å². The van der Waals surface area contributed by atoms with Crippen molar-refractivity contribution in [3.63, 3.8) is 0 Å². The molecule has 4 saturated heterocycles. The highest BCUT2D eigenvalue weighted by molar-refractivity contribution is 5.92. The van der Waals surface area contributed by atoms with Crippen LogP contribution in [0.15, 0.2) is 109 Å². The molecule has 0 spiro atoms. The van der Waals surface area contributed by atoms with Crippen LogP contribution in [-0.2, 0) is 39.7 Å². The Balaban J connectivity index is 0.000000168. The Labute approximate surface area is 384 Å². The summed E-state index contributed by atoms with van der Waals surface area (Å²) < 4.78 is 10.5. The van der Waals surface area contributed by atoms with Gasteiger partial charge in [-0.25, -0.2) is 9.59 Å². The zero-order valence-electron chi connectivity index (χ0n) is 37.9. The molecule has 4 bridgehead atoms. The van der Waals surface area contributed by atoms with Crippen LogP contribution in [0.25, 0.3) is 0 Å². The first kappa shape index (κ1) is 50.2. The molecule has 0 saturated carbocycles. The molecule has 4 fully saturated rings. The van der Waals surface area contributed by atoms with Gasteiger partial charge in [0.15, 0.2) is 0 Å². The van der Waals surface area contributed by atoms with Crippen LogP contribution in [-0.4, -0.2) is 80.8 Å². The first-order valence-corrected chi connectivity index (χ1v) is 21.8. The lowest BCUT2D eigenvalue weighted by Gasteiger charge is -2.38. The van der Waals surface area contributed by atoms with Crippen LogP contribution in [0, 0.1) is 37.5 Å². The fraction of sp³-hybridized carbons (Fsp3) is 0.400. The Kier molecular flexibility index (Phi) is 16.3. The second-order valence-electron chi connectivity index (χ2n) is 17.9. The van der Waals surface area contributed by atoms with Crippen molar-refractivity contribution in [2.45, 2.75) is 103 Å². The average molecular weight is 909 g/mol. The molecule has 4 aromatic rings. The third-order valence-electron chi connectivity index (χ3n) is 12.5. The third-order valence-corrected chi connectivity index (χ3v) is 12.5. The molecular weight excluding hydrogens is 849 g/mol. The Morgan fingerprint density at radius 1 is 0.545 bits per heavy atom. The van der Waals surface area contributed by atoms with Crippen molar-refractivity contribution in [3.05, 3.63) is 131 Å². The maximum atomic E-state index is 12.1. The lowest BCUT2D eigenvalue weighted by Crippen LogP contribution is -2.48. The highest BCUT2D eigenvalue weighted by Crippen LogP contribution is 2.44. The topological polar surface area (TPSA) is 255 Å². The number of carbonyl (C=O) groups is 6. The Morgan fingerprint density at radius 3 is 1.24 bits per heavy atom. The van der Waals surface area contributed by atoms with Gasteiger partial charge in [0, 0.05) is 11.4 Å². The second kappa shape index (κ2) is 21.5. The van der Waals surface area contributed by atoms with Crippen LogP contribution in [0.3, 0.4) is 0 Å². The number of anilines is 2. The number of hydrogen-bond acceptors (Lipinski definition) is 8. The molecule has 352 valence electrons. The number of nitrogens with one attached hydrogen (secondary N) is 2. The van der Waals surface area contributed by atoms with Gasteiger partial charge in [-0.3, -0.25) is 24.1 Å². The first-order valence-electron chi connectivity index (χ1n) is 21.8. The van der Waals surface area contributed by atoms with E-state index in [1.807, 2.05) is 151 Å². The molecule has 0 aromatic heterocycles. The maximum absolute atomic E-state index is 12.1. The number of amides is 4. The summed E-state index contributed by atoms with van der Waals surface area (Å²) in [6.07, 6.45) is 1.15. The molecule has 4 aromatic carbocycles.